The van der Waals surface area contributed by atoms with Gasteiger partial charge < -0.3 is 19.7 Å². The summed E-state index contributed by atoms with van der Waals surface area (Å²) in [5.74, 6) is 1.14. The number of carbonyl (C=O) groups is 1. The Kier molecular flexibility index (Phi) is 5.71. The topological polar surface area (TPSA) is 89.4 Å². The van der Waals surface area contributed by atoms with E-state index in [0.717, 1.165) is 16.2 Å². The number of carbonyl (C=O) groups excluding carboxylic acids is 1. The summed E-state index contributed by atoms with van der Waals surface area (Å²) in [5.41, 5.74) is 0.640. The van der Waals surface area contributed by atoms with Crippen LogP contribution in [0.4, 0.5) is 5.69 Å². The van der Waals surface area contributed by atoms with Gasteiger partial charge in [-0.1, -0.05) is 11.6 Å². The fourth-order valence-corrected chi connectivity index (χ4v) is 6.50. The largest absolute Gasteiger partial charge is 0.454 e. The fourth-order valence-electron chi connectivity index (χ4n) is 3.42. The van der Waals surface area contributed by atoms with Crippen LogP contribution in [0.3, 0.4) is 0 Å². The van der Waals surface area contributed by atoms with E-state index in [1.165, 1.54) is 10.4 Å². The number of rotatable bonds is 5. The molecule has 29 heavy (non-hydrogen) atoms. The molecule has 1 saturated heterocycles. The fraction of sp³-hybridized carbons (Fsp3) is 0.389. The number of benzene rings is 1. The van der Waals surface area contributed by atoms with Gasteiger partial charge in [0.15, 0.2) is 17.5 Å². The third-order valence-corrected chi connectivity index (χ3v) is 8.75. The van der Waals surface area contributed by atoms with Crippen molar-refractivity contribution in [1.82, 2.24) is 4.31 Å². The van der Waals surface area contributed by atoms with Crippen LogP contribution in [-0.4, -0.2) is 57.6 Å². The van der Waals surface area contributed by atoms with E-state index in [9.17, 15) is 13.2 Å². The van der Waals surface area contributed by atoms with Crippen molar-refractivity contribution >= 4 is 44.6 Å². The molecule has 1 aromatic heterocycles. The van der Waals surface area contributed by atoms with Crippen LogP contribution in [0.25, 0.3) is 0 Å². The van der Waals surface area contributed by atoms with Crippen LogP contribution in [0, 0.1) is 0 Å². The monoisotopic (exact) mass is 458 g/mol. The first kappa shape index (κ1) is 20.4. The average Bonchev–Trinajstić information content (AvgIpc) is 3.36. The Morgan fingerprint density at radius 3 is 2.62 bits per heavy atom. The number of nitrogens with one attached hydrogen (secondary N) is 2. The molecule has 0 unspecified atom stereocenters. The molecule has 1 fully saturated rings. The van der Waals surface area contributed by atoms with Gasteiger partial charge in [0.25, 0.3) is 15.9 Å². The standard InChI is InChI=1S/C18H20ClN3O5S2/c1-12(18(23)20-13-2-3-14-15(10-13)27-11-26-14)21-6-8-22(9-7-21)29(24,25)17-5-4-16(19)28-17/h2-5,10,12H,6-9,11H2,1H3,(H,20,23)/p+1/t12-/m0/s1. The van der Waals surface area contributed by atoms with E-state index in [2.05, 4.69) is 5.32 Å². The van der Waals surface area contributed by atoms with Gasteiger partial charge in [-0.25, -0.2) is 8.42 Å². The number of amides is 1. The predicted molar refractivity (Wildman–Crippen MR) is 109 cm³/mol. The highest BCUT2D eigenvalue weighted by atomic mass is 35.5. The van der Waals surface area contributed by atoms with Gasteiger partial charge in [-0.15, -0.1) is 11.3 Å². The Morgan fingerprint density at radius 1 is 1.21 bits per heavy atom. The molecule has 1 aromatic carbocycles. The molecule has 11 heteroatoms. The Morgan fingerprint density at radius 2 is 1.93 bits per heavy atom. The van der Waals surface area contributed by atoms with Gasteiger partial charge in [-0.2, -0.15) is 4.31 Å². The summed E-state index contributed by atoms with van der Waals surface area (Å²) < 4.78 is 38.2. The predicted octanol–water partition coefficient (Wildman–Crippen LogP) is 1.05. The molecule has 0 radical (unpaired) electrons. The molecule has 1 atom stereocenters. The van der Waals surface area contributed by atoms with E-state index >= 15 is 0 Å². The lowest BCUT2D eigenvalue weighted by molar-refractivity contribution is -0.917. The summed E-state index contributed by atoms with van der Waals surface area (Å²) in [6.45, 7) is 3.84. The zero-order valence-corrected chi connectivity index (χ0v) is 18.1. The van der Waals surface area contributed by atoms with Gasteiger partial charge in [0.05, 0.1) is 30.5 Å². The van der Waals surface area contributed by atoms with Crippen molar-refractivity contribution < 1.29 is 27.6 Å². The van der Waals surface area contributed by atoms with Gasteiger partial charge in [-0.3, -0.25) is 4.79 Å². The van der Waals surface area contributed by atoms with Gasteiger partial charge in [-0.05, 0) is 31.2 Å². The lowest BCUT2D eigenvalue weighted by Crippen LogP contribution is -3.19. The number of halogens is 1. The molecule has 0 aliphatic carbocycles. The van der Waals surface area contributed by atoms with Crippen LogP contribution in [0.2, 0.25) is 4.34 Å². The summed E-state index contributed by atoms with van der Waals surface area (Å²) in [6, 6.07) is 8.06. The summed E-state index contributed by atoms with van der Waals surface area (Å²) in [6.07, 6.45) is 0. The molecule has 8 nitrogen and oxygen atoms in total. The minimum Gasteiger partial charge on any atom is -0.454 e. The molecule has 156 valence electrons. The molecule has 1 amide bonds. The number of hydrogen-bond acceptors (Lipinski definition) is 6. The van der Waals surface area contributed by atoms with E-state index in [4.69, 9.17) is 21.1 Å². The summed E-state index contributed by atoms with van der Waals surface area (Å²) >= 11 is 6.93. The third kappa shape index (κ3) is 4.22. The second-order valence-electron chi connectivity index (χ2n) is 6.90. The maximum Gasteiger partial charge on any atom is 0.282 e. The smallest absolute Gasteiger partial charge is 0.282 e. The molecule has 2 aliphatic heterocycles. The van der Waals surface area contributed by atoms with Crippen molar-refractivity contribution in [2.75, 3.05) is 38.3 Å². The van der Waals surface area contributed by atoms with Gasteiger partial charge in [0.1, 0.15) is 4.21 Å². The number of ether oxygens (including phenoxy) is 2. The van der Waals surface area contributed by atoms with Gasteiger partial charge >= 0.3 is 0 Å². The molecule has 2 aliphatic rings. The Balaban J connectivity index is 1.35. The van der Waals surface area contributed by atoms with Crippen LogP contribution in [0.1, 0.15) is 6.92 Å². The van der Waals surface area contributed by atoms with E-state index < -0.39 is 10.0 Å². The second-order valence-corrected chi connectivity index (χ2v) is 10.8. The Bertz CT molecular complexity index is 1020. The van der Waals surface area contributed by atoms with Crippen LogP contribution in [-0.2, 0) is 14.8 Å². The van der Waals surface area contributed by atoms with Crippen molar-refractivity contribution in [2.45, 2.75) is 17.2 Å². The summed E-state index contributed by atoms with van der Waals surface area (Å²) in [4.78, 5) is 13.7. The number of quaternary nitrogens is 1. The van der Waals surface area contributed by atoms with E-state index in [1.54, 1.807) is 24.3 Å². The quantitative estimate of drug-likeness (QED) is 0.699. The van der Waals surface area contributed by atoms with Crippen molar-refractivity contribution in [3.05, 3.63) is 34.7 Å². The van der Waals surface area contributed by atoms with Crippen LogP contribution >= 0.6 is 22.9 Å². The van der Waals surface area contributed by atoms with Gasteiger partial charge in [0.2, 0.25) is 6.79 Å². The normalized spacial score (nSPS) is 18.6. The highest BCUT2D eigenvalue weighted by Crippen LogP contribution is 2.34. The van der Waals surface area contributed by atoms with Crippen LogP contribution in [0.5, 0.6) is 11.5 Å². The lowest BCUT2D eigenvalue weighted by Gasteiger charge is -2.33. The highest BCUT2D eigenvalue weighted by molar-refractivity contribution is 7.91. The Labute approximate surface area is 178 Å². The maximum absolute atomic E-state index is 12.7. The molecule has 0 spiro atoms. The number of sulfonamides is 1. The lowest BCUT2D eigenvalue weighted by atomic mass is 10.2. The van der Waals surface area contributed by atoms with Crippen molar-refractivity contribution in [3.63, 3.8) is 0 Å². The van der Waals surface area contributed by atoms with E-state index in [-0.39, 0.29) is 23.0 Å². The maximum atomic E-state index is 12.7. The number of thiophene rings is 1. The van der Waals surface area contributed by atoms with Crippen molar-refractivity contribution in [2.24, 2.45) is 0 Å². The molecular weight excluding hydrogens is 438 g/mol. The van der Waals surface area contributed by atoms with Gasteiger partial charge in [0, 0.05) is 11.8 Å². The minimum atomic E-state index is -3.54. The molecule has 2 aromatic rings. The summed E-state index contributed by atoms with van der Waals surface area (Å²) in [5, 5.41) is 2.90. The Hall–Kier alpha value is -1.85. The van der Waals surface area contributed by atoms with Crippen LogP contribution in [0.15, 0.2) is 34.5 Å². The number of fused-ring (bicyclic) bond motifs is 1. The highest BCUT2D eigenvalue weighted by Gasteiger charge is 2.35. The molecule has 2 N–H and O–H groups in total. The molecular formula is C18H21ClN3O5S2+. The first-order valence-electron chi connectivity index (χ1n) is 9.15. The zero-order valence-electron chi connectivity index (χ0n) is 15.7. The van der Waals surface area contributed by atoms with Crippen molar-refractivity contribution in [3.8, 4) is 11.5 Å². The number of anilines is 1. The third-order valence-electron chi connectivity index (χ3n) is 5.15. The first-order valence-corrected chi connectivity index (χ1v) is 11.8. The number of hydrogen-bond donors (Lipinski definition) is 2. The molecule has 3 heterocycles. The molecule has 4 rings (SSSR count). The second kappa shape index (κ2) is 8.11. The number of piperazine rings is 1. The van der Waals surface area contributed by atoms with E-state index in [1.807, 2.05) is 6.92 Å². The van der Waals surface area contributed by atoms with Crippen molar-refractivity contribution in [1.29, 1.82) is 0 Å². The first-order chi connectivity index (χ1) is 13.8. The molecule has 0 bridgehead atoms. The summed E-state index contributed by atoms with van der Waals surface area (Å²) in [7, 11) is -3.54. The molecule has 0 saturated carbocycles. The average molecular weight is 459 g/mol. The van der Waals surface area contributed by atoms with E-state index in [0.29, 0.717) is 47.7 Å². The zero-order chi connectivity index (χ0) is 20.6. The number of nitrogens with zero attached hydrogens (tertiary/aromatic N) is 1. The minimum absolute atomic E-state index is 0.125. The van der Waals surface area contributed by atoms with Crippen LogP contribution < -0.4 is 19.7 Å². The SMILES string of the molecule is C[C@@H](C(=O)Nc1ccc2c(c1)OCO2)[NH+]1CCN(S(=O)(=O)c2ccc(Cl)s2)CC1.